The Kier molecular flexibility index (Phi) is 5.78. The van der Waals surface area contributed by atoms with Gasteiger partial charge in [-0.15, -0.1) is 11.3 Å². The Morgan fingerprint density at radius 1 is 1.27 bits per heavy atom. The number of carbonyl (C=O) groups is 1. The Morgan fingerprint density at radius 3 is 2.77 bits per heavy atom. The Balaban J connectivity index is 0.000000948. The summed E-state index contributed by atoms with van der Waals surface area (Å²) in [5, 5.41) is 5.16. The fraction of sp³-hybridized carbons (Fsp3) is 0.368. The third-order valence-corrected chi connectivity index (χ3v) is 4.94. The number of likely N-dealkylation sites (tertiary alicyclic amines) is 1. The molecule has 1 fully saturated rings. The van der Waals surface area contributed by atoms with Crippen molar-refractivity contribution in [2.24, 2.45) is 0 Å². The highest BCUT2D eigenvalue weighted by molar-refractivity contribution is 7.17. The van der Waals surface area contributed by atoms with Gasteiger partial charge in [0.05, 0.1) is 10.2 Å². The SMILES string of the molecule is CC.Cc1cncc(CNc2nc(C(=O)N3CCC3)c3sccc3n2)c1. The van der Waals surface area contributed by atoms with E-state index in [4.69, 9.17) is 0 Å². The number of nitrogens with zero attached hydrogens (tertiary/aromatic N) is 4. The van der Waals surface area contributed by atoms with Crippen LogP contribution in [-0.4, -0.2) is 38.8 Å². The molecule has 1 saturated heterocycles. The number of thiophene rings is 1. The number of anilines is 1. The smallest absolute Gasteiger partial charge is 0.274 e. The molecule has 4 rings (SSSR count). The van der Waals surface area contributed by atoms with Crippen molar-refractivity contribution in [2.75, 3.05) is 18.4 Å². The average molecular weight is 369 g/mol. The van der Waals surface area contributed by atoms with Crippen LogP contribution in [-0.2, 0) is 6.54 Å². The molecule has 0 unspecified atom stereocenters. The Bertz CT molecular complexity index is 904. The van der Waals surface area contributed by atoms with Gasteiger partial charge < -0.3 is 10.2 Å². The van der Waals surface area contributed by atoms with Crippen LogP contribution in [0.1, 0.15) is 41.9 Å². The molecule has 3 aromatic rings. The number of carbonyl (C=O) groups excluding carboxylic acids is 1. The number of hydrogen-bond donors (Lipinski definition) is 1. The molecule has 0 spiro atoms. The number of aryl methyl sites for hydroxylation is 1. The van der Waals surface area contributed by atoms with Crippen LogP contribution < -0.4 is 5.32 Å². The second-order valence-corrected chi connectivity index (χ2v) is 6.82. The first-order valence-corrected chi connectivity index (χ1v) is 9.77. The van der Waals surface area contributed by atoms with Gasteiger partial charge in [0.15, 0.2) is 5.69 Å². The average Bonchev–Trinajstić information content (AvgIpc) is 3.08. The molecule has 0 saturated carbocycles. The van der Waals surface area contributed by atoms with Gasteiger partial charge in [0.2, 0.25) is 5.95 Å². The Labute approximate surface area is 157 Å². The van der Waals surface area contributed by atoms with Gasteiger partial charge in [-0.25, -0.2) is 9.97 Å². The van der Waals surface area contributed by atoms with Crippen molar-refractivity contribution in [3.05, 3.63) is 46.7 Å². The number of amides is 1. The van der Waals surface area contributed by atoms with E-state index in [1.165, 1.54) is 11.3 Å². The minimum absolute atomic E-state index is 0.00336. The van der Waals surface area contributed by atoms with E-state index in [-0.39, 0.29) is 5.91 Å². The number of rotatable bonds is 4. The van der Waals surface area contributed by atoms with Gasteiger partial charge in [-0.05, 0) is 35.9 Å². The van der Waals surface area contributed by atoms with Crippen LogP contribution >= 0.6 is 11.3 Å². The van der Waals surface area contributed by atoms with Crippen LogP contribution in [0.5, 0.6) is 0 Å². The van der Waals surface area contributed by atoms with Crippen molar-refractivity contribution >= 4 is 33.4 Å². The number of nitrogens with one attached hydrogen (secondary N) is 1. The summed E-state index contributed by atoms with van der Waals surface area (Å²) >= 11 is 1.51. The second kappa shape index (κ2) is 8.23. The number of aromatic nitrogens is 3. The van der Waals surface area contributed by atoms with E-state index < -0.39 is 0 Å². The summed E-state index contributed by atoms with van der Waals surface area (Å²) in [4.78, 5) is 27.6. The lowest BCUT2D eigenvalue weighted by Crippen LogP contribution is -2.42. The molecule has 6 nitrogen and oxygen atoms in total. The number of pyridine rings is 1. The van der Waals surface area contributed by atoms with Crippen LogP contribution in [0.25, 0.3) is 10.2 Å². The molecule has 136 valence electrons. The third kappa shape index (κ3) is 3.83. The number of hydrogen-bond acceptors (Lipinski definition) is 6. The molecule has 4 heterocycles. The highest BCUT2D eigenvalue weighted by Gasteiger charge is 2.25. The molecule has 1 aliphatic heterocycles. The normalized spacial score (nSPS) is 13.0. The molecule has 26 heavy (non-hydrogen) atoms. The van der Waals surface area contributed by atoms with Gasteiger partial charge in [-0.2, -0.15) is 0 Å². The highest BCUT2D eigenvalue weighted by Crippen LogP contribution is 2.26. The summed E-state index contributed by atoms with van der Waals surface area (Å²) < 4.78 is 0.856. The first-order chi connectivity index (χ1) is 12.7. The van der Waals surface area contributed by atoms with E-state index in [1.54, 1.807) is 0 Å². The van der Waals surface area contributed by atoms with Crippen LogP contribution in [0.4, 0.5) is 5.95 Å². The molecule has 1 amide bonds. The van der Waals surface area contributed by atoms with Gasteiger partial charge in [-0.1, -0.05) is 19.9 Å². The van der Waals surface area contributed by atoms with Crippen molar-refractivity contribution in [1.82, 2.24) is 19.9 Å². The lowest BCUT2D eigenvalue weighted by Gasteiger charge is -2.30. The van der Waals surface area contributed by atoms with E-state index in [1.807, 2.05) is 49.5 Å². The molecular formula is C19H23N5OS. The van der Waals surface area contributed by atoms with Crippen LogP contribution in [0.2, 0.25) is 0 Å². The second-order valence-electron chi connectivity index (χ2n) is 5.90. The van der Waals surface area contributed by atoms with Gasteiger partial charge >= 0.3 is 0 Å². The minimum Gasteiger partial charge on any atom is -0.350 e. The summed E-state index contributed by atoms with van der Waals surface area (Å²) in [5.41, 5.74) is 3.47. The summed E-state index contributed by atoms with van der Waals surface area (Å²) in [6.45, 7) is 8.21. The van der Waals surface area contributed by atoms with Gasteiger partial charge in [0, 0.05) is 32.0 Å². The quantitative estimate of drug-likeness (QED) is 0.756. The maximum Gasteiger partial charge on any atom is 0.274 e. The molecule has 0 aliphatic carbocycles. The molecule has 0 aromatic carbocycles. The fourth-order valence-electron chi connectivity index (χ4n) is 2.65. The topological polar surface area (TPSA) is 71.0 Å². The molecule has 7 heteroatoms. The zero-order chi connectivity index (χ0) is 18.5. The molecule has 1 aliphatic rings. The highest BCUT2D eigenvalue weighted by atomic mass is 32.1. The van der Waals surface area contributed by atoms with Crippen molar-refractivity contribution in [3.63, 3.8) is 0 Å². The van der Waals surface area contributed by atoms with Crippen LogP contribution in [0.3, 0.4) is 0 Å². The van der Waals surface area contributed by atoms with Gasteiger partial charge in [0.25, 0.3) is 5.91 Å². The number of fused-ring (bicyclic) bond motifs is 1. The van der Waals surface area contributed by atoms with E-state index >= 15 is 0 Å². The monoisotopic (exact) mass is 369 g/mol. The molecule has 0 radical (unpaired) electrons. The first kappa shape index (κ1) is 18.3. The summed E-state index contributed by atoms with van der Waals surface area (Å²) in [6.07, 6.45) is 4.70. The zero-order valence-electron chi connectivity index (χ0n) is 15.3. The largest absolute Gasteiger partial charge is 0.350 e. The van der Waals surface area contributed by atoms with E-state index in [2.05, 4.69) is 26.3 Å². The molecule has 0 bridgehead atoms. The zero-order valence-corrected chi connectivity index (χ0v) is 16.1. The summed E-state index contributed by atoms with van der Waals surface area (Å²) in [6, 6.07) is 3.99. The third-order valence-electron chi connectivity index (χ3n) is 4.03. The molecule has 3 aromatic heterocycles. The molecule has 1 N–H and O–H groups in total. The van der Waals surface area contributed by atoms with Crippen LogP contribution in [0, 0.1) is 6.92 Å². The maximum atomic E-state index is 12.6. The fourth-order valence-corrected chi connectivity index (χ4v) is 3.46. The summed E-state index contributed by atoms with van der Waals surface area (Å²) in [7, 11) is 0. The van der Waals surface area contributed by atoms with Crippen molar-refractivity contribution < 1.29 is 4.79 Å². The standard InChI is InChI=1S/C17H17N5OS.C2H6/c1-11-7-12(9-18-8-11)10-19-17-20-13-3-6-24-15(13)14(21-17)16(23)22-4-2-5-22;1-2/h3,6-9H,2,4-5,10H2,1H3,(H,19,20,21);1-2H3. The lowest BCUT2D eigenvalue weighted by molar-refractivity contribution is 0.0648. The maximum absolute atomic E-state index is 12.6. The van der Waals surface area contributed by atoms with Crippen molar-refractivity contribution in [2.45, 2.75) is 33.7 Å². The van der Waals surface area contributed by atoms with Crippen LogP contribution in [0.15, 0.2) is 29.9 Å². The molecular weight excluding hydrogens is 346 g/mol. The predicted octanol–water partition coefficient (Wildman–Crippen LogP) is 3.88. The minimum atomic E-state index is -0.00336. The first-order valence-electron chi connectivity index (χ1n) is 8.89. The van der Waals surface area contributed by atoms with E-state index in [9.17, 15) is 4.79 Å². The predicted molar refractivity (Wildman–Crippen MR) is 106 cm³/mol. The Hall–Kier alpha value is -2.54. The van der Waals surface area contributed by atoms with Crippen molar-refractivity contribution in [3.8, 4) is 0 Å². The van der Waals surface area contributed by atoms with Crippen molar-refractivity contribution in [1.29, 1.82) is 0 Å². The van der Waals surface area contributed by atoms with Gasteiger partial charge in [-0.3, -0.25) is 9.78 Å². The van der Waals surface area contributed by atoms with E-state index in [0.717, 1.165) is 40.9 Å². The van der Waals surface area contributed by atoms with E-state index in [0.29, 0.717) is 18.2 Å². The lowest BCUT2D eigenvalue weighted by atomic mass is 10.2. The Morgan fingerprint density at radius 2 is 2.08 bits per heavy atom. The summed E-state index contributed by atoms with van der Waals surface area (Å²) in [5.74, 6) is 0.475. The van der Waals surface area contributed by atoms with Gasteiger partial charge in [0.1, 0.15) is 0 Å². The molecule has 0 atom stereocenters.